The van der Waals surface area contributed by atoms with Crippen LogP contribution in [0.3, 0.4) is 0 Å². The predicted molar refractivity (Wildman–Crippen MR) is 85.7 cm³/mol. The second-order valence-electron chi connectivity index (χ2n) is 4.53. The van der Waals surface area contributed by atoms with Crippen molar-refractivity contribution in [3.63, 3.8) is 0 Å². The quantitative estimate of drug-likeness (QED) is 0.788. The normalized spacial score (nSPS) is 10.8. The van der Waals surface area contributed by atoms with Crippen LogP contribution in [-0.4, -0.2) is 10.9 Å². The molecule has 20 heavy (non-hydrogen) atoms. The molecule has 1 N–H and O–H groups in total. The topological polar surface area (TPSA) is 42.0 Å². The molecule has 3 aromatic rings. The molecule has 0 unspecified atom stereocenters. The lowest BCUT2D eigenvalue weighted by Gasteiger charge is -1.98. The zero-order valence-corrected chi connectivity index (χ0v) is 12.7. The van der Waals surface area contributed by atoms with E-state index < -0.39 is 0 Å². The molecular formula is C15H14N2OS2. The molecule has 0 aliphatic carbocycles. The van der Waals surface area contributed by atoms with Crippen LogP contribution in [0.1, 0.15) is 18.1 Å². The molecule has 0 aliphatic heterocycles. The number of fused-ring (bicyclic) bond motifs is 1. The van der Waals surface area contributed by atoms with Crippen LogP contribution in [0, 0.1) is 0 Å². The van der Waals surface area contributed by atoms with Crippen molar-refractivity contribution in [2.75, 3.05) is 5.32 Å². The molecule has 0 spiro atoms. The van der Waals surface area contributed by atoms with E-state index in [2.05, 4.69) is 29.4 Å². The Morgan fingerprint density at radius 3 is 2.95 bits per heavy atom. The Hall–Kier alpha value is -1.72. The van der Waals surface area contributed by atoms with Crippen LogP contribution in [0.15, 0.2) is 35.0 Å². The summed E-state index contributed by atoms with van der Waals surface area (Å²) >= 11 is 3.13. The summed E-state index contributed by atoms with van der Waals surface area (Å²) in [6, 6.07) is 8.20. The molecule has 2 aromatic heterocycles. The van der Waals surface area contributed by atoms with Crippen molar-refractivity contribution in [1.29, 1.82) is 0 Å². The Balaban J connectivity index is 1.75. The standard InChI is InChI=1S/C15H14N2OS2/c1-2-10-3-4-12-13(7-10)20-15(16-12)17-14(18)8-11-5-6-19-9-11/h3-7,9H,2,8H2,1H3,(H,16,17,18). The maximum absolute atomic E-state index is 11.9. The van der Waals surface area contributed by atoms with Crippen molar-refractivity contribution < 1.29 is 4.79 Å². The largest absolute Gasteiger partial charge is 0.302 e. The summed E-state index contributed by atoms with van der Waals surface area (Å²) in [5.41, 5.74) is 3.28. The van der Waals surface area contributed by atoms with E-state index in [1.807, 2.05) is 22.9 Å². The van der Waals surface area contributed by atoms with Gasteiger partial charge in [-0.15, -0.1) is 0 Å². The van der Waals surface area contributed by atoms with Crippen LogP contribution in [0.4, 0.5) is 5.13 Å². The Morgan fingerprint density at radius 2 is 2.20 bits per heavy atom. The number of anilines is 1. The number of hydrogen-bond acceptors (Lipinski definition) is 4. The zero-order valence-electron chi connectivity index (χ0n) is 11.1. The number of thiophene rings is 1. The number of nitrogens with zero attached hydrogens (tertiary/aromatic N) is 1. The molecule has 3 nitrogen and oxygen atoms in total. The number of hydrogen-bond donors (Lipinski definition) is 1. The Kier molecular flexibility index (Phi) is 3.80. The van der Waals surface area contributed by atoms with E-state index in [-0.39, 0.29) is 5.91 Å². The third-order valence-electron chi connectivity index (χ3n) is 3.05. The summed E-state index contributed by atoms with van der Waals surface area (Å²) in [5, 5.41) is 7.53. The number of aromatic nitrogens is 1. The maximum Gasteiger partial charge on any atom is 0.230 e. The monoisotopic (exact) mass is 302 g/mol. The van der Waals surface area contributed by atoms with Crippen LogP contribution in [-0.2, 0) is 17.6 Å². The lowest BCUT2D eigenvalue weighted by atomic mass is 10.2. The van der Waals surface area contributed by atoms with Gasteiger partial charge >= 0.3 is 0 Å². The number of carbonyl (C=O) groups is 1. The molecule has 0 bridgehead atoms. The van der Waals surface area contributed by atoms with Gasteiger partial charge in [0.2, 0.25) is 5.91 Å². The van der Waals surface area contributed by atoms with Gasteiger partial charge in [-0.25, -0.2) is 4.98 Å². The van der Waals surface area contributed by atoms with Gasteiger partial charge in [0.1, 0.15) is 0 Å². The van der Waals surface area contributed by atoms with Gasteiger partial charge < -0.3 is 5.32 Å². The van der Waals surface area contributed by atoms with E-state index in [1.54, 1.807) is 11.3 Å². The maximum atomic E-state index is 11.9. The fraction of sp³-hybridized carbons (Fsp3) is 0.200. The van der Waals surface area contributed by atoms with E-state index in [4.69, 9.17) is 0 Å². The van der Waals surface area contributed by atoms with Crippen LogP contribution in [0.25, 0.3) is 10.2 Å². The molecule has 0 aliphatic rings. The highest BCUT2D eigenvalue weighted by Crippen LogP contribution is 2.27. The molecule has 0 fully saturated rings. The Labute approximate surface area is 125 Å². The van der Waals surface area contributed by atoms with E-state index in [9.17, 15) is 4.79 Å². The summed E-state index contributed by atoms with van der Waals surface area (Å²) in [4.78, 5) is 16.4. The first-order valence-corrected chi connectivity index (χ1v) is 8.21. The van der Waals surface area contributed by atoms with Crippen LogP contribution >= 0.6 is 22.7 Å². The SMILES string of the molecule is CCc1ccc2nc(NC(=O)Cc3ccsc3)sc2c1. The van der Waals surface area contributed by atoms with Crippen LogP contribution in [0.2, 0.25) is 0 Å². The van der Waals surface area contributed by atoms with Gasteiger partial charge in [0.15, 0.2) is 5.13 Å². The number of carbonyl (C=O) groups excluding carboxylic acids is 1. The highest BCUT2D eigenvalue weighted by Gasteiger charge is 2.09. The minimum Gasteiger partial charge on any atom is -0.302 e. The van der Waals surface area contributed by atoms with E-state index in [0.29, 0.717) is 11.6 Å². The summed E-state index contributed by atoms with van der Waals surface area (Å²) in [6.07, 6.45) is 1.41. The molecule has 0 radical (unpaired) electrons. The molecule has 0 atom stereocenters. The second-order valence-corrected chi connectivity index (χ2v) is 6.34. The molecule has 102 valence electrons. The van der Waals surface area contributed by atoms with Gasteiger partial charge in [-0.2, -0.15) is 11.3 Å². The average Bonchev–Trinajstić information content (AvgIpc) is 3.06. The zero-order chi connectivity index (χ0) is 13.9. The van der Waals surface area contributed by atoms with Gasteiger partial charge in [-0.1, -0.05) is 24.3 Å². The van der Waals surface area contributed by atoms with E-state index in [0.717, 1.165) is 22.2 Å². The minimum absolute atomic E-state index is 0.0156. The van der Waals surface area contributed by atoms with Gasteiger partial charge in [0.05, 0.1) is 16.6 Å². The number of benzene rings is 1. The van der Waals surface area contributed by atoms with Gasteiger partial charge in [-0.3, -0.25) is 4.79 Å². The number of rotatable bonds is 4. The third kappa shape index (κ3) is 2.89. The van der Waals surface area contributed by atoms with E-state index >= 15 is 0 Å². The fourth-order valence-corrected chi connectivity index (χ4v) is 3.60. The van der Waals surface area contributed by atoms with Crippen molar-refractivity contribution in [3.8, 4) is 0 Å². The number of amides is 1. The Morgan fingerprint density at radius 1 is 1.30 bits per heavy atom. The molecule has 2 heterocycles. The van der Waals surface area contributed by atoms with Gasteiger partial charge in [0, 0.05) is 0 Å². The first-order valence-electron chi connectivity index (χ1n) is 6.45. The molecule has 1 amide bonds. The summed E-state index contributed by atoms with van der Waals surface area (Å²) in [6.45, 7) is 2.13. The predicted octanol–water partition coefficient (Wildman–Crippen LogP) is 4.10. The molecular weight excluding hydrogens is 288 g/mol. The summed E-state index contributed by atoms with van der Waals surface area (Å²) in [5.74, 6) is -0.0156. The lowest BCUT2D eigenvalue weighted by molar-refractivity contribution is -0.115. The highest BCUT2D eigenvalue weighted by atomic mass is 32.1. The molecule has 1 aromatic carbocycles. The first-order chi connectivity index (χ1) is 9.74. The van der Waals surface area contributed by atoms with Crippen molar-refractivity contribution in [1.82, 2.24) is 4.98 Å². The van der Waals surface area contributed by atoms with Crippen LogP contribution < -0.4 is 5.32 Å². The summed E-state index contributed by atoms with van der Waals surface area (Å²) < 4.78 is 1.12. The molecule has 0 saturated heterocycles. The van der Waals surface area contributed by atoms with Crippen molar-refractivity contribution >= 4 is 43.9 Å². The molecule has 3 rings (SSSR count). The second kappa shape index (κ2) is 5.73. The van der Waals surface area contributed by atoms with Crippen molar-refractivity contribution in [3.05, 3.63) is 46.2 Å². The smallest absolute Gasteiger partial charge is 0.230 e. The fourth-order valence-electron chi connectivity index (χ4n) is 1.98. The summed E-state index contributed by atoms with van der Waals surface area (Å²) in [7, 11) is 0. The van der Waals surface area contributed by atoms with Gasteiger partial charge in [-0.05, 0) is 46.5 Å². The third-order valence-corrected chi connectivity index (χ3v) is 4.72. The van der Waals surface area contributed by atoms with Crippen molar-refractivity contribution in [2.45, 2.75) is 19.8 Å². The average molecular weight is 302 g/mol. The number of aryl methyl sites for hydroxylation is 1. The van der Waals surface area contributed by atoms with Crippen molar-refractivity contribution in [2.24, 2.45) is 0 Å². The number of thiazole rings is 1. The molecule has 5 heteroatoms. The lowest BCUT2D eigenvalue weighted by Crippen LogP contribution is -2.13. The first kappa shape index (κ1) is 13.3. The molecule has 0 saturated carbocycles. The van der Waals surface area contributed by atoms with E-state index in [1.165, 1.54) is 16.9 Å². The minimum atomic E-state index is -0.0156. The Bertz CT molecular complexity index is 732. The number of nitrogens with one attached hydrogen (secondary N) is 1. The van der Waals surface area contributed by atoms with Gasteiger partial charge in [0.25, 0.3) is 0 Å². The van der Waals surface area contributed by atoms with Crippen LogP contribution in [0.5, 0.6) is 0 Å². The highest BCUT2D eigenvalue weighted by molar-refractivity contribution is 7.22.